The molecule has 0 bridgehead atoms. The summed E-state index contributed by atoms with van der Waals surface area (Å²) >= 11 is 0. The van der Waals surface area contributed by atoms with E-state index in [4.69, 9.17) is 4.74 Å². The van der Waals surface area contributed by atoms with E-state index in [1.807, 2.05) is 44.2 Å². The Hall–Kier alpha value is -3.87. The van der Waals surface area contributed by atoms with Gasteiger partial charge in [0.25, 0.3) is 5.91 Å². The van der Waals surface area contributed by atoms with Gasteiger partial charge in [0.2, 0.25) is 5.95 Å². The van der Waals surface area contributed by atoms with E-state index >= 15 is 0 Å². The van der Waals surface area contributed by atoms with Gasteiger partial charge in [-0.2, -0.15) is 4.98 Å². The fourth-order valence-corrected chi connectivity index (χ4v) is 2.97. The first-order chi connectivity index (χ1) is 16.2. The fourth-order valence-electron chi connectivity index (χ4n) is 2.97. The summed E-state index contributed by atoms with van der Waals surface area (Å²) in [7, 11) is 0. The molecule has 3 rings (SSSR count). The minimum absolute atomic E-state index is 0.0253. The summed E-state index contributed by atoms with van der Waals surface area (Å²) < 4.78 is 5.63. The highest BCUT2D eigenvalue weighted by Crippen LogP contribution is 2.26. The Morgan fingerprint density at radius 2 is 1.94 bits per heavy atom. The van der Waals surface area contributed by atoms with Crippen molar-refractivity contribution in [1.82, 2.24) is 15.3 Å². The number of benzene rings is 2. The van der Waals surface area contributed by atoms with E-state index in [0.29, 0.717) is 23.9 Å². The van der Waals surface area contributed by atoms with Crippen molar-refractivity contribution < 1.29 is 9.53 Å². The van der Waals surface area contributed by atoms with Crippen LogP contribution >= 0.6 is 0 Å². The maximum atomic E-state index is 12.7. The Morgan fingerprint density at radius 3 is 2.68 bits per heavy atom. The Labute approximate surface area is 201 Å². The number of hydrogen-bond acceptors (Lipinski definition) is 6. The predicted octanol–water partition coefficient (Wildman–Crippen LogP) is 6.00. The van der Waals surface area contributed by atoms with E-state index in [9.17, 15) is 4.79 Å². The van der Waals surface area contributed by atoms with Gasteiger partial charge in [0, 0.05) is 35.2 Å². The molecule has 0 aliphatic carbocycles. The zero-order valence-electron chi connectivity index (χ0n) is 20.5. The summed E-state index contributed by atoms with van der Waals surface area (Å²) in [6, 6.07) is 14.9. The van der Waals surface area contributed by atoms with Crippen LogP contribution in [0.4, 0.5) is 23.1 Å². The van der Waals surface area contributed by atoms with Crippen molar-refractivity contribution in [3.05, 3.63) is 78.5 Å². The van der Waals surface area contributed by atoms with E-state index in [-0.39, 0.29) is 17.4 Å². The summed E-state index contributed by atoms with van der Waals surface area (Å²) in [5, 5.41) is 9.57. The van der Waals surface area contributed by atoms with Crippen molar-refractivity contribution in [2.24, 2.45) is 5.41 Å². The molecule has 0 radical (unpaired) electrons. The van der Waals surface area contributed by atoms with Crippen LogP contribution in [0, 0.1) is 12.3 Å². The van der Waals surface area contributed by atoms with Crippen molar-refractivity contribution in [2.75, 3.05) is 17.2 Å². The molecule has 0 saturated carbocycles. The maximum absolute atomic E-state index is 12.7. The van der Waals surface area contributed by atoms with E-state index in [1.165, 1.54) is 0 Å². The number of nitrogens with one attached hydrogen (secondary N) is 3. The molecule has 7 nitrogen and oxygen atoms in total. The first kappa shape index (κ1) is 24.8. The van der Waals surface area contributed by atoms with Crippen LogP contribution in [0.2, 0.25) is 0 Å². The predicted molar refractivity (Wildman–Crippen MR) is 138 cm³/mol. The number of ether oxygens (including phenoxy) is 1. The third-order valence-corrected chi connectivity index (χ3v) is 5.52. The van der Waals surface area contributed by atoms with Gasteiger partial charge in [0.1, 0.15) is 18.2 Å². The largest absolute Gasteiger partial charge is 0.489 e. The molecule has 1 heterocycles. The molecule has 7 heteroatoms. The molecule has 0 fully saturated rings. The number of aryl methyl sites for hydroxylation is 1. The molecule has 3 N–H and O–H groups in total. The average Bonchev–Trinajstić information content (AvgIpc) is 2.79. The number of amides is 1. The van der Waals surface area contributed by atoms with Crippen LogP contribution in [-0.4, -0.2) is 28.5 Å². The lowest BCUT2D eigenvalue weighted by Gasteiger charge is -2.28. The SMILES string of the molecule is C=CCOc1ccc(C)c(Nc2ccnc(Nc3cccc(C(=O)NC(C)C(C)(C)C)c3)n2)c1. The van der Waals surface area contributed by atoms with Gasteiger partial charge >= 0.3 is 0 Å². The van der Waals surface area contributed by atoms with Gasteiger partial charge in [-0.25, -0.2) is 4.98 Å². The third kappa shape index (κ3) is 6.81. The molecule has 0 aliphatic rings. The number of rotatable bonds is 9. The monoisotopic (exact) mass is 459 g/mol. The van der Waals surface area contributed by atoms with Crippen molar-refractivity contribution in [1.29, 1.82) is 0 Å². The molecule has 3 aromatic rings. The second kappa shape index (κ2) is 10.8. The van der Waals surface area contributed by atoms with Crippen molar-refractivity contribution >= 4 is 29.0 Å². The molecule has 0 spiro atoms. The molecule has 178 valence electrons. The van der Waals surface area contributed by atoms with Crippen LogP contribution in [0.15, 0.2) is 67.4 Å². The van der Waals surface area contributed by atoms with Crippen LogP contribution in [0.5, 0.6) is 5.75 Å². The van der Waals surface area contributed by atoms with E-state index in [2.05, 4.69) is 53.3 Å². The molecule has 0 saturated heterocycles. The van der Waals surface area contributed by atoms with Crippen molar-refractivity contribution in [3.63, 3.8) is 0 Å². The Bertz CT molecular complexity index is 1150. The van der Waals surface area contributed by atoms with Crippen LogP contribution in [0.1, 0.15) is 43.6 Å². The smallest absolute Gasteiger partial charge is 0.251 e. The van der Waals surface area contributed by atoms with Gasteiger partial charge in [-0.05, 0) is 55.2 Å². The van der Waals surface area contributed by atoms with Gasteiger partial charge in [-0.3, -0.25) is 4.79 Å². The fraction of sp³-hybridized carbons (Fsp3) is 0.296. The Balaban J connectivity index is 1.72. The number of carbonyl (C=O) groups excluding carboxylic acids is 1. The summed E-state index contributed by atoms with van der Waals surface area (Å²) in [6.45, 7) is 14.4. The quantitative estimate of drug-likeness (QED) is 0.340. The molecular weight excluding hydrogens is 426 g/mol. The molecule has 1 atom stereocenters. The average molecular weight is 460 g/mol. The second-order valence-electron chi connectivity index (χ2n) is 9.23. The van der Waals surface area contributed by atoms with Gasteiger partial charge < -0.3 is 20.7 Å². The summed E-state index contributed by atoms with van der Waals surface area (Å²) in [5.41, 5.74) is 3.22. The van der Waals surface area contributed by atoms with Crippen LogP contribution in [0.25, 0.3) is 0 Å². The number of hydrogen-bond donors (Lipinski definition) is 3. The van der Waals surface area contributed by atoms with E-state index in [1.54, 1.807) is 30.5 Å². The summed E-state index contributed by atoms with van der Waals surface area (Å²) in [5.74, 6) is 1.68. The lowest BCUT2D eigenvalue weighted by molar-refractivity contribution is 0.0910. The zero-order valence-corrected chi connectivity index (χ0v) is 20.5. The lowest BCUT2D eigenvalue weighted by atomic mass is 9.88. The van der Waals surface area contributed by atoms with Crippen molar-refractivity contribution in [3.8, 4) is 5.75 Å². The minimum atomic E-state index is -0.114. The number of aromatic nitrogens is 2. The Morgan fingerprint density at radius 1 is 1.15 bits per heavy atom. The summed E-state index contributed by atoms with van der Waals surface area (Å²) in [4.78, 5) is 21.6. The van der Waals surface area contributed by atoms with Crippen LogP contribution in [-0.2, 0) is 0 Å². The van der Waals surface area contributed by atoms with E-state index in [0.717, 1.165) is 22.7 Å². The van der Waals surface area contributed by atoms with Gasteiger partial charge in [0.15, 0.2) is 0 Å². The molecule has 1 unspecified atom stereocenters. The summed E-state index contributed by atoms with van der Waals surface area (Å²) in [6.07, 6.45) is 3.38. The normalized spacial score (nSPS) is 11.9. The van der Waals surface area contributed by atoms with Gasteiger partial charge in [-0.15, -0.1) is 0 Å². The molecule has 2 aromatic carbocycles. The van der Waals surface area contributed by atoms with Gasteiger partial charge in [-0.1, -0.05) is 45.6 Å². The van der Waals surface area contributed by atoms with Crippen LogP contribution in [0.3, 0.4) is 0 Å². The Kier molecular flexibility index (Phi) is 7.89. The van der Waals surface area contributed by atoms with Crippen molar-refractivity contribution in [2.45, 2.75) is 40.7 Å². The highest BCUT2D eigenvalue weighted by molar-refractivity contribution is 5.95. The topological polar surface area (TPSA) is 88.2 Å². The third-order valence-electron chi connectivity index (χ3n) is 5.52. The molecular formula is C27H33N5O2. The molecule has 0 aliphatic heterocycles. The lowest BCUT2D eigenvalue weighted by Crippen LogP contribution is -2.41. The van der Waals surface area contributed by atoms with Crippen LogP contribution < -0.4 is 20.7 Å². The molecule has 1 aromatic heterocycles. The second-order valence-corrected chi connectivity index (χ2v) is 9.23. The first-order valence-electron chi connectivity index (χ1n) is 11.3. The van der Waals surface area contributed by atoms with Gasteiger partial charge in [0.05, 0.1) is 0 Å². The first-order valence-corrected chi connectivity index (χ1v) is 11.3. The minimum Gasteiger partial charge on any atom is -0.489 e. The molecule has 34 heavy (non-hydrogen) atoms. The number of nitrogens with zero attached hydrogens (tertiary/aromatic N) is 2. The highest BCUT2D eigenvalue weighted by atomic mass is 16.5. The standard InChI is InChI=1S/C27H33N5O2/c1-7-15-34-22-12-11-18(2)23(17-22)31-24-13-14-28-26(32-24)30-21-10-8-9-20(16-21)25(33)29-19(3)27(4,5)6/h7-14,16-17,19H,1,15H2,2-6H3,(H,29,33)(H2,28,30,31,32). The zero-order chi connectivity index (χ0) is 24.7. The highest BCUT2D eigenvalue weighted by Gasteiger charge is 2.22. The molecule has 1 amide bonds. The number of anilines is 4. The maximum Gasteiger partial charge on any atom is 0.251 e. The van der Waals surface area contributed by atoms with E-state index < -0.39 is 0 Å². The number of carbonyl (C=O) groups is 1.